The molecule has 0 fully saturated rings. The summed E-state index contributed by atoms with van der Waals surface area (Å²) in [7, 11) is -3.37. The standard InChI is InChI=1S/C3H7BrO3S.Na.H/c1-2-3-7-8(4,5)6;;/h2-3H2,1H3;;/q;+1;-1. The third-order valence-electron chi connectivity index (χ3n) is 0.428. The zero-order valence-corrected chi connectivity index (χ0v) is 9.83. The number of hydrogen-bond acceptors (Lipinski definition) is 3. The molecule has 0 rings (SSSR count). The third-order valence-corrected chi connectivity index (χ3v) is 1.44. The van der Waals surface area contributed by atoms with Gasteiger partial charge in [0.1, 0.15) is 0 Å². The van der Waals surface area contributed by atoms with Crippen molar-refractivity contribution in [3.05, 3.63) is 0 Å². The summed E-state index contributed by atoms with van der Waals surface area (Å²) in [6.45, 7) is 2.08. The van der Waals surface area contributed by atoms with Crippen molar-refractivity contribution in [3.8, 4) is 0 Å². The molecule has 0 aliphatic carbocycles. The first-order valence-corrected chi connectivity index (χ1v) is 5.40. The van der Waals surface area contributed by atoms with Gasteiger partial charge in [0.15, 0.2) is 0 Å². The Kier molecular flexibility index (Phi) is 8.85. The van der Waals surface area contributed by atoms with E-state index in [1.54, 1.807) is 0 Å². The molecule has 52 valence electrons. The predicted octanol–water partition coefficient (Wildman–Crippen LogP) is -1.83. The van der Waals surface area contributed by atoms with E-state index in [1.165, 1.54) is 0 Å². The summed E-state index contributed by atoms with van der Waals surface area (Å²) in [6, 6.07) is 0. The molecule has 0 spiro atoms. The third kappa shape index (κ3) is 12.6. The van der Waals surface area contributed by atoms with E-state index in [9.17, 15) is 8.42 Å². The molecule has 0 saturated carbocycles. The average molecular weight is 227 g/mol. The van der Waals surface area contributed by atoms with E-state index in [-0.39, 0.29) is 37.6 Å². The molecule has 0 aromatic rings. The van der Waals surface area contributed by atoms with Crippen LogP contribution < -0.4 is 29.6 Å². The molecular weight excluding hydrogens is 219 g/mol. The summed E-state index contributed by atoms with van der Waals surface area (Å²) in [6.07, 6.45) is 0.699. The van der Waals surface area contributed by atoms with Gasteiger partial charge in [0.05, 0.1) is 21.4 Å². The van der Waals surface area contributed by atoms with E-state index in [2.05, 4.69) is 19.0 Å². The van der Waals surface area contributed by atoms with Crippen LogP contribution in [0.1, 0.15) is 14.8 Å². The second-order valence-corrected chi connectivity index (χ2v) is 4.62. The van der Waals surface area contributed by atoms with Crippen molar-refractivity contribution < 1.29 is 43.6 Å². The van der Waals surface area contributed by atoms with Crippen LogP contribution in [0.4, 0.5) is 0 Å². The Bertz CT molecular complexity index is 148. The Morgan fingerprint density at radius 2 is 2.11 bits per heavy atom. The monoisotopic (exact) mass is 226 g/mol. The number of hydrogen-bond donors (Lipinski definition) is 0. The normalized spacial score (nSPS) is 10.4. The van der Waals surface area contributed by atoms with Gasteiger partial charge in [-0.2, -0.15) is 8.42 Å². The van der Waals surface area contributed by atoms with Gasteiger partial charge in [0.2, 0.25) is 0 Å². The van der Waals surface area contributed by atoms with E-state index in [0.717, 1.165) is 0 Å². The summed E-state index contributed by atoms with van der Waals surface area (Å²) in [4.78, 5) is 0. The van der Waals surface area contributed by atoms with Gasteiger partial charge in [0.25, 0.3) is 0 Å². The van der Waals surface area contributed by atoms with Crippen molar-refractivity contribution in [3.63, 3.8) is 0 Å². The Labute approximate surface area is 86.3 Å². The van der Waals surface area contributed by atoms with Gasteiger partial charge in [-0.05, 0) is 6.42 Å². The van der Waals surface area contributed by atoms with Crippen molar-refractivity contribution in [1.82, 2.24) is 0 Å². The fourth-order valence-corrected chi connectivity index (χ4v) is 0.945. The molecule has 9 heavy (non-hydrogen) atoms. The van der Waals surface area contributed by atoms with Crippen molar-refractivity contribution in [1.29, 1.82) is 0 Å². The zero-order chi connectivity index (χ0) is 6.62. The summed E-state index contributed by atoms with van der Waals surface area (Å²) in [5.41, 5.74) is 0. The summed E-state index contributed by atoms with van der Waals surface area (Å²) >= 11 is 2.33. The SMILES string of the molecule is CCCOS(=O)(=O)Br.[H-].[Na+]. The van der Waals surface area contributed by atoms with Crippen LogP contribution in [0.3, 0.4) is 0 Å². The van der Waals surface area contributed by atoms with E-state index in [0.29, 0.717) is 6.42 Å². The molecule has 0 aliphatic rings. The van der Waals surface area contributed by atoms with Gasteiger partial charge >= 0.3 is 38.1 Å². The molecule has 3 nitrogen and oxygen atoms in total. The minimum atomic E-state index is -3.37. The van der Waals surface area contributed by atoms with E-state index in [1.807, 2.05) is 6.92 Å². The molecule has 0 unspecified atom stereocenters. The number of rotatable bonds is 3. The Morgan fingerprint density at radius 1 is 1.67 bits per heavy atom. The molecule has 0 atom stereocenters. The molecule has 0 aromatic heterocycles. The van der Waals surface area contributed by atoms with Gasteiger partial charge in [-0.3, -0.25) is 4.18 Å². The van der Waals surface area contributed by atoms with Crippen LogP contribution in [0.15, 0.2) is 0 Å². The zero-order valence-electron chi connectivity index (χ0n) is 6.43. The van der Waals surface area contributed by atoms with E-state index in [4.69, 9.17) is 0 Å². The number of halogens is 1. The van der Waals surface area contributed by atoms with E-state index < -0.39 is 8.55 Å². The first-order valence-electron chi connectivity index (χ1n) is 2.15. The fourth-order valence-electron chi connectivity index (χ4n) is 0.183. The van der Waals surface area contributed by atoms with Crippen LogP contribution in [-0.2, 0) is 12.7 Å². The largest absolute Gasteiger partial charge is 1.00 e. The summed E-state index contributed by atoms with van der Waals surface area (Å²) < 4.78 is 24.4. The summed E-state index contributed by atoms with van der Waals surface area (Å²) in [5, 5.41) is 0. The quantitative estimate of drug-likeness (QED) is 0.420. The Balaban J connectivity index is -0.000000245. The van der Waals surface area contributed by atoms with Crippen molar-refractivity contribution in [2.75, 3.05) is 6.61 Å². The van der Waals surface area contributed by atoms with Crippen molar-refractivity contribution in [2.24, 2.45) is 0 Å². The topological polar surface area (TPSA) is 43.4 Å². The van der Waals surface area contributed by atoms with Crippen LogP contribution in [0.25, 0.3) is 0 Å². The van der Waals surface area contributed by atoms with Gasteiger partial charge in [-0.25, -0.2) is 0 Å². The maximum absolute atomic E-state index is 10.1. The van der Waals surface area contributed by atoms with Crippen LogP contribution in [0, 0.1) is 0 Å². The second kappa shape index (κ2) is 6.12. The average Bonchev–Trinajstić information content (AvgIpc) is 1.59. The van der Waals surface area contributed by atoms with Crippen molar-refractivity contribution in [2.45, 2.75) is 13.3 Å². The smallest absolute Gasteiger partial charge is 1.00 e. The maximum atomic E-state index is 10.1. The van der Waals surface area contributed by atoms with Gasteiger partial charge in [-0.1, -0.05) is 6.92 Å². The molecular formula is C3H8BrNaO3S. The predicted molar refractivity (Wildman–Crippen MR) is 35.2 cm³/mol. The second-order valence-electron chi connectivity index (χ2n) is 1.22. The van der Waals surface area contributed by atoms with Crippen LogP contribution in [-0.4, -0.2) is 15.0 Å². The first-order chi connectivity index (χ1) is 3.56. The van der Waals surface area contributed by atoms with Gasteiger partial charge in [0, 0.05) is 0 Å². The molecule has 0 amide bonds. The van der Waals surface area contributed by atoms with Gasteiger partial charge in [-0.15, -0.1) is 0 Å². The first kappa shape index (κ1) is 13.0. The molecule has 0 aromatic carbocycles. The molecule has 6 heteroatoms. The van der Waals surface area contributed by atoms with Crippen LogP contribution in [0.2, 0.25) is 0 Å². The molecule has 0 heterocycles. The maximum Gasteiger partial charge on any atom is 1.00 e. The molecule has 0 N–H and O–H groups in total. The van der Waals surface area contributed by atoms with Crippen LogP contribution in [0.5, 0.6) is 0 Å². The van der Waals surface area contributed by atoms with Crippen LogP contribution >= 0.6 is 14.8 Å². The molecule has 0 bridgehead atoms. The van der Waals surface area contributed by atoms with Crippen molar-refractivity contribution >= 4 is 23.4 Å². The fraction of sp³-hybridized carbons (Fsp3) is 1.00. The Hall–Kier alpha value is 1.39. The molecule has 0 saturated heterocycles. The minimum absolute atomic E-state index is 0. The Morgan fingerprint density at radius 3 is 2.22 bits per heavy atom. The summed E-state index contributed by atoms with van der Waals surface area (Å²) in [5.74, 6) is 0. The molecule has 0 radical (unpaired) electrons. The molecule has 0 aliphatic heterocycles. The van der Waals surface area contributed by atoms with E-state index >= 15 is 0 Å². The minimum Gasteiger partial charge on any atom is -1.00 e. The van der Waals surface area contributed by atoms with Gasteiger partial charge < -0.3 is 1.43 Å².